The van der Waals surface area contributed by atoms with Crippen LogP contribution in [-0.2, 0) is 0 Å². The summed E-state index contributed by atoms with van der Waals surface area (Å²) in [5.74, 6) is 0.647. The molecule has 0 bridgehead atoms. The Bertz CT molecular complexity index is 1810. The molecule has 0 spiro atoms. The van der Waals surface area contributed by atoms with Gasteiger partial charge in [0, 0.05) is 23.5 Å². The SMILES string of the molecule is Cc1cc(OCCN2CCCC2)cc(-c2ccc3[nH]nc(-c4cc5c(-c6ccc(F)cc6)ccnc5[nH]4)c3c2)c1. The normalized spacial score (nSPS) is 13.9. The Balaban J connectivity index is 1.22. The third-order valence-electron chi connectivity index (χ3n) is 7.76. The van der Waals surface area contributed by atoms with Gasteiger partial charge >= 0.3 is 0 Å². The van der Waals surface area contributed by atoms with Crippen LogP contribution in [0.25, 0.3) is 55.6 Å². The van der Waals surface area contributed by atoms with Crippen molar-refractivity contribution in [1.29, 1.82) is 0 Å². The largest absolute Gasteiger partial charge is 0.492 e. The molecule has 2 N–H and O–H groups in total. The lowest BCUT2D eigenvalue weighted by Crippen LogP contribution is -2.25. The standard InChI is InChI=1S/C33H30FN5O/c1-21-16-24(18-26(17-21)40-15-14-39-12-2-3-13-39)23-6-9-30-29(19-23)32(38-37-30)31-20-28-27(10-11-35-33(28)36-31)22-4-7-25(34)8-5-22/h4-11,16-20H,2-3,12-15H2,1H3,(H,35,36)(H,37,38). The molecule has 6 aromatic rings. The molecule has 7 heteroatoms. The Morgan fingerprint density at radius 2 is 1.70 bits per heavy atom. The summed E-state index contributed by atoms with van der Waals surface area (Å²) in [4.78, 5) is 10.5. The lowest BCUT2D eigenvalue weighted by atomic mass is 10.0. The molecule has 4 heterocycles. The molecule has 0 saturated carbocycles. The number of aromatic nitrogens is 4. The Labute approximate surface area is 231 Å². The molecule has 200 valence electrons. The highest BCUT2D eigenvalue weighted by molar-refractivity contribution is 6.00. The van der Waals surface area contributed by atoms with E-state index in [0.29, 0.717) is 6.61 Å². The average molecular weight is 532 g/mol. The van der Waals surface area contributed by atoms with E-state index in [9.17, 15) is 4.39 Å². The van der Waals surface area contributed by atoms with Crippen LogP contribution in [0.15, 0.2) is 79.0 Å². The number of aryl methyl sites for hydroxylation is 1. The minimum absolute atomic E-state index is 0.253. The van der Waals surface area contributed by atoms with Crippen LogP contribution in [0.2, 0.25) is 0 Å². The molecule has 1 aliphatic heterocycles. The topological polar surface area (TPSA) is 69.8 Å². The first-order valence-corrected chi connectivity index (χ1v) is 13.8. The number of aromatic amines is 2. The maximum atomic E-state index is 13.5. The summed E-state index contributed by atoms with van der Waals surface area (Å²) in [6, 6.07) is 23.4. The Morgan fingerprint density at radius 3 is 2.55 bits per heavy atom. The van der Waals surface area contributed by atoms with E-state index in [1.807, 2.05) is 6.07 Å². The van der Waals surface area contributed by atoms with Gasteiger partial charge < -0.3 is 9.72 Å². The molecule has 0 radical (unpaired) electrons. The van der Waals surface area contributed by atoms with Gasteiger partial charge in [-0.1, -0.05) is 24.3 Å². The number of nitrogens with one attached hydrogen (secondary N) is 2. The average Bonchev–Trinajstić information content (AvgIpc) is 3.72. The number of pyridine rings is 1. The number of H-pyrrole nitrogens is 2. The van der Waals surface area contributed by atoms with Crippen molar-refractivity contribution in [3.63, 3.8) is 0 Å². The first-order chi connectivity index (χ1) is 19.6. The molecule has 1 fully saturated rings. The summed E-state index contributed by atoms with van der Waals surface area (Å²) in [5, 5.41) is 9.82. The zero-order valence-corrected chi connectivity index (χ0v) is 22.4. The highest BCUT2D eigenvalue weighted by Crippen LogP contribution is 2.35. The summed E-state index contributed by atoms with van der Waals surface area (Å²) in [5.41, 5.74) is 8.72. The van der Waals surface area contributed by atoms with Gasteiger partial charge in [-0.15, -0.1) is 0 Å². The first-order valence-electron chi connectivity index (χ1n) is 13.8. The highest BCUT2D eigenvalue weighted by atomic mass is 19.1. The van der Waals surface area contributed by atoms with Crippen molar-refractivity contribution in [1.82, 2.24) is 25.1 Å². The predicted molar refractivity (Wildman–Crippen MR) is 158 cm³/mol. The minimum Gasteiger partial charge on any atom is -0.492 e. The second kappa shape index (κ2) is 10.2. The fourth-order valence-electron chi connectivity index (χ4n) is 5.73. The van der Waals surface area contributed by atoms with E-state index >= 15 is 0 Å². The fourth-order valence-corrected chi connectivity index (χ4v) is 5.73. The Kier molecular flexibility index (Phi) is 6.28. The first kappa shape index (κ1) is 24.5. The number of halogens is 1. The van der Waals surface area contributed by atoms with Crippen molar-refractivity contribution in [3.05, 3.63) is 90.4 Å². The molecule has 7 rings (SSSR count). The van der Waals surface area contributed by atoms with Crippen molar-refractivity contribution < 1.29 is 9.13 Å². The van der Waals surface area contributed by atoms with E-state index < -0.39 is 0 Å². The number of hydrogen-bond acceptors (Lipinski definition) is 4. The molecular weight excluding hydrogens is 501 g/mol. The monoisotopic (exact) mass is 531 g/mol. The van der Waals surface area contributed by atoms with E-state index in [4.69, 9.17) is 4.74 Å². The van der Waals surface area contributed by atoms with E-state index in [2.05, 4.69) is 74.5 Å². The van der Waals surface area contributed by atoms with Crippen molar-refractivity contribution in [2.75, 3.05) is 26.2 Å². The Morgan fingerprint density at radius 1 is 0.875 bits per heavy atom. The third-order valence-corrected chi connectivity index (χ3v) is 7.76. The van der Waals surface area contributed by atoms with E-state index in [1.54, 1.807) is 18.3 Å². The molecule has 6 nitrogen and oxygen atoms in total. The summed E-state index contributed by atoms with van der Waals surface area (Å²) in [6.07, 6.45) is 4.35. The number of rotatable bonds is 7. The zero-order chi connectivity index (χ0) is 27.1. The van der Waals surface area contributed by atoms with Crippen LogP contribution in [0, 0.1) is 12.7 Å². The van der Waals surface area contributed by atoms with Gasteiger partial charge in [0.1, 0.15) is 29.5 Å². The highest BCUT2D eigenvalue weighted by Gasteiger charge is 2.16. The molecule has 0 amide bonds. The van der Waals surface area contributed by atoms with Gasteiger partial charge in [0.25, 0.3) is 0 Å². The number of nitrogens with zero attached hydrogens (tertiary/aromatic N) is 3. The second-order valence-corrected chi connectivity index (χ2v) is 10.6. The summed E-state index contributed by atoms with van der Waals surface area (Å²) < 4.78 is 19.7. The summed E-state index contributed by atoms with van der Waals surface area (Å²) in [7, 11) is 0. The van der Waals surface area contributed by atoms with Gasteiger partial charge in [0.15, 0.2) is 0 Å². The van der Waals surface area contributed by atoms with Crippen LogP contribution in [0.3, 0.4) is 0 Å². The van der Waals surface area contributed by atoms with Crippen LogP contribution < -0.4 is 4.74 Å². The van der Waals surface area contributed by atoms with Gasteiger partial charge in [0.2, 0.25) is 0 Å². The molecule has 0 aliphatic carbocycles. The lowest BCUT2D eigenvalue weighted by Gasteiger charge is -2.15. The van der Waals surface area contributed by atoms with Gasteiger partial charge in [-0.2, -0.15) is 5.10 Å². The van der Waals surface area contributed by atoms with Gasteiger partial charge in [-0.3, -0.25) is 10.00 Å². The third kappa shape index (κ3) is 4.73. The molecule has 40 heavy (non-hydrogen) atoms. The van der Waals surface area contributed by atoms with Crippen molar-refractivity contribution in [3.8, 4) is 39.4 Å². The Hall–Kier alpha value is -4.49. The van der Waals surface area contributed by atoms with Crippen LogP contribution in [0.4, 0.5) is 4.39 Å². The molecule has 0 atom stereocenters. The van der Waals surface area contributed by atoms with E-state index in [0.717, 1.165) is 73.4 Å². The smallest absolute Gasteiger partial charge is 0.138 e. The van der Waals surface area contributed by atoms with E-state index in [-0.39, 0.29) is 5.82 Å². The fraction of sp³-hybridized carbons (Fsp3) is 0.212. The maximum Gasteiger partial charge on any atom is 0.138 e. The molecule has 3 aromatic carbocycles. The molecular formula is C33H30FN5O. The lowest BCUT2D eigenvalue weighted by molar-refractivity contribution is 0.238. The predicted octanol–water partition coefficient (Wildman–Crippen LogP) is 7.36. The van der Waals surface area contributed by atoms with Crippen LogP contribution in [-0.4, -0.2) is 51.3 Å². The van der Waals surface area contributed by atoms with Gasteiger partial charge in [-0.05, 0) is 109 Å². The quantitative estimate of drug-likeness (QED) is 0.226. The molecule has 1 saturated heterocycles. The molecule has 0 unspecified atom stereocenters. The van der Waals surface area contributed by atoms with Gasteiger partial charge in [0.05, 0.1) is 11.2 Å². The minimum atomic E-state index is -0.253. The number of benzene rings is 3. The van der Waals surface area contributed by atoms with E-state index in [1.165, 1.54) is 38.1 Å². The summed E-state index contributed by atoms with van der Waals surface area (Å²) in [6.45, 7) is 6.12. The number of fused-ring (bicyclic) bond motifs is 2. The van der Waals surface area contributed by atoms with Gasteiger partial charge in [-0.25, -0.2) is 9.37 Å². The van der Waals surface area contributed by atoms with Crippen molar-refractivity contribution in [2.45, 2.75) is 19.8 Å². The summed E-state index contributed by atoms with van der Waals surface area (Å²) >= 11 is 0. The maximum absolute atomic E-state index is 13.5. The van der Waals surface area contributed by atoms with Crippen LogP contribution in [0.1, 0.15) is 18.4 Å². The number of likely N-dealkylation sites (tertiary alicyclic amines) is 1. The van der Waals surface area contributed by atoms with Crippen molar-refractivity contribution >= 4 is 21.9 Å². The number of ether oxygens (including phenoxy) is 1. The molecule has 1 aliphatic rings. The number of hydrogen-bond donors (Lipinski definition) is 2. The van der Waals surface area contributed by atoms with Crippen LogP contribution >= 0.6 is 0 Å². The second-order valence-electron chi connectivity index (χ2n) is 10.6. The van der Waals surface area contributed by atoms with Crippen molar-refractivity contribution in [2.24, 2.45) is 0 Å². The molecule has 3 aromatic heterocycles. The van der Waals surface area contributed by atoms with Crippen LogP contribution in [0.5, 0.6) is 5.75 Å². The zero-order valence-electron chi connectivity index (χ0n) is 22.4.